The first-order valence-electron chi connectivity index (χ1n) is 8.34. The number of rotatable bonds is 7. The Kier molecular flexibility index (Phi) is 7.15. The van der Waals surface area contributed by atoms with E-state index in [1.807, 2.05) is 49.4 Å². The summed E-state index contributed by atoms with van der Waals surface area (Å²) in [5.41, 5.74) is 1.84. The molecule has 0 saturated heterocycles. The molecule has 0 bridgehead atoms. The van der Waals surface area contributed by atoms with Crippen LogP contribution in [0.4, 0.5) is 5.69 Å². The Morgan fingerprint density at radius 1 is 1.07 bits per heavy atom. The quantitative estimate of drug-likeness (QED) is 0.395. The Balaban J connectivity index is 1.50. The lowest BCUT2D eigenvalue weighted by molar-refractivity contribution is -0.115. The van der Waals surface area contributed by atoms with E-state index in [0.717, 1.165) is 21.0 Å². The van der Waals surface area contributed by atoms with E-state index in [2.05, 4.69) is 15.3 Å². The molecule has 0 unspecified atom stereocenters. The van der Waals surface area contributed by atoms with Gasteiger partial charge in [0.2, 0.25) is 5.91 Å². The Labute approximate surface area is 172 Å². The molecule has 138 valence electrons. The van der Waals surface area contributed by atoms with Crippen molar-refractivity contribution in [2.24, 2.45) is 0 Å². The zero-order valence-electron chi connectivity index (χ0n) is 14.7. The minimum atomic E-state index is 0.00589. The second kappa shape index (κ2) is 9.78. The van der Waals surface area contributed by atoms with E-state index < -0.39 is 0 Å². The predicted molar refractivity (Wildman–Crippen MR) is 113 cm³/mol. The second-order valence-electron chi connectivity index (χ2n) is 5.71. The number of aromatic nitrogens is 2. The van der Waals surface area contributed by atoms with Gasteiger partial charge in [-0.1, -0.05) is 11.6 Å². The topological polar surface area (TPSA) is 54.9 Å². The largest absolute Gasteiger partial charge is 0.326 e. The number of hydrogen-bond donors (Lipinski definition) is 1. The van der Waals surface area contributed by atoms with Gasteiger partial charge in [0.25, 0.3) is 0 Å². The molecule has 2 aromatic carbocycles. The molecule has 0 aliphatic rings. The molecule has 7 heteroatoms. The molecule has 0 saturated carbocycles. The summed E-state index contributed by atoms with van der Waals surface area (Å²) in [5.74, 6) is 0.720. The molecule has 1 amide bonds. The fourth-order valence-electron chi connectivity index (χ4n) is 2.29. The van der Waals surface area contributed by atoms with E-state index >= 15 is 0 Å². The van der Waals surface area contributed by atoms with Crippen LogP contribution < -0.4 is 5.32 Å². The minimum absolute atomic E-state index is 0.00589. The number of aryl methyl sites for hydroxylation is 1. The average Bonchev–Trinajstić information content (AvgIpc) is 2.66. The van der Waals surface area contributed by atoms with Crippen molar-refractivity contribution < 1.29 is 4.79 Å². The SMILES string of the molecule is Cc1cc(Sc2ncccn2)ccc1NC(=O)CCSc1ccc(Cl)cc1. The first kappa shape index (κ1) is 19.7. The van der Waals surface area contributed by atoms with Crippen molar-refractivity contribution in [3.63, 3.8) is 0 Å². The van der Waals surface area contributed by atoms with E-state index in [1.54, 1.807) is 30.2 Å². The maximum atomic E-state index is 12.2. The van der Waals surface area contributed by atoms with Crippen LogP contribution in [0.5, 0.6) is 0 Å². The van der Waals surface area contributed by atoms with Crippen molar-refractivity contribution in [1.29, 1.82) is 0 Å². The van der Waals surface area contributed by atoms with Crippen LogP contribution in [-0.2, 0) is 4.79 Å². The Morgan fingerprint density at radius 2 is 1.78 bits per heavy atom. The number of anilines is 1. The third kappa shape index (κ3) is 6.27. The van der Waals surface area contributed by atoms with Gasteiger partial charge in [0.1, 0.15) is 0 Å². The number of benzene rings is 2. The van der Waals surface area contributed by atoms with Gasteiger partial charge in [-0.05, 0) is 72.8 Å². The van der Waals surface area contributed by atoms with E-state index in [4.69, 9.17) is 11.6 Å². The van der Waals surface area contributed by atoms with Gasteiger partial charge in [-0.25, -0.2) is 9.97 Å². The number of thioether (sulfide) groups is 1. The van der Waals surface area contributed by atoms with Gasteiger partial charge in [0.15, 0.2) is 5.16 Å². The monoisotopic (exact) mass is 415 g/mol. The van der Waals surface area contributed by atoms with Gasteiger partial charge in [-0.2, -0.15) is 0 Å². The van der Waals surface area contributed by atoms with Gasteiger partial charge in [-0.3, -0.25) is 4.79 Å². The summed E-state index contributed by atoms with van der Waals surface area (Å²) >= 11 is 9.01. The molecule has 0 fully saturated rings. The Hall–Kier alpha value is -2.02. The van der Waals surface area contributed by atoms with Crippen LogP contribution in [0.25, 0.3) is 0 Å². The molecular weight excluding hydrogens is 398 g/mol. The third-order valence-electron chi connectivity index (χ3n) is 3.63. The van der Waals surface area contributed by atoms with Crippen molar-refractivity contribution in [3.8, 4) is 0 Å². The summed E-state index contributed by atoms with van der Waals surface area (Å²) < 4.78 is 0. The molecule has 1 aromatic heterocycles. The summed E-state index contributed by atoms with van der Waals surface area (Å²) in [6, 6.07) is 15.3. The van der Waals surface area contributed by atoms with Gasteiger partial charge in [0, 0.05) is 45.1 Å². The van der Waals surface area contributed by atoms with Crippen molar-refractivity contribution in [2.45, 2.75) is 28.3 Å². The number of amides is 1. The highest BCUT2D eigenvalue weighted by Gasteiger charge is 2.07. The summed E-state index contributed by atoms with van der Waals surface area (Å²) in [4.78, 5) is 22.8. The molecule has 1 heterocycles. The molecule has 27 heavy (non-hydrogen) atoms. The maximum absolute atomic E-state index is 12.2. The first-order valence-corrected chi connectivity index (χ1v) is 10.5. The molecule has 3 aromatic rings. The lowest BCUT2D eigenvalue weighted by Gasteiger charge is -2.10. The smallest absolute Gasteiger partial charge is 0.225 e. The Bertz CT molecular complexity index is 905. The van der Waals surface area contributed by atoms with E-state index in [9.17, 15) is 4.79 Å². The van der Waals surface area contributed by atoms with E-state index in [-0.39, 0.29) is 5.91 Å². The van der Waals surface area contributed by atoms with Gasteiger partial charge >= 0.3 is 0 Å². The first-order chi connectivity index (χ1) is 13.1. The van der Waals surface area contributed by atoms with Crippen LogP contribution in [0.2, 0.25) is 5.02 Å². The summed E-state index contributed by atoms with van der Waals surface area (Å²) in [7, 11) is 0. The zero-order valence-corrected chi connectivity index (χ0v) is 17.1. The lowest BCUT2D eigenvalue weighted by Crippen LogP contribution is -2.13. The average molecular weight is 416 g/mol. The molecule has 0 spiro atoms. The number of carbonyl (C=O) groups is 1. The van der Waals surface area contributed by atoms with Crippen molar-refractivity contribution in [2.75, 3.05) is 11.1 Å². The van der Waals surface area contributed by atoms with E-state index in [0.29, 0.717) is 22.4 Å². The highest BCUT2D eigenvalue weighted by Crippen LogP contribution is 2.28. The van der Waals surface area contributed by atoms with Crippen LogP contribution in [0, 0.1) is 6.92 Å². The highest BCUT2D eigenvalue weighted by atomic mass is 35.5. The Morgan fingerprint density at radius 3 is 2.48 bits per heavy atom. The van der Waals surface area contributed by atoms with Crippen molar-refractivity contribution in [1.82, 2.24) is 9.97 Å². The maximum Gasteiger partial charge on any atom is 0.225 e. The van der Waals surface area contributed by atoms with E-state index in [1.165, 1.54) is 11.8 Å². The normalized spacial score (nSPS) is 10.6. The number of carbonyl (C=O) groups excluding carboxylic acids is 1. The molecule has 4 nitrogen and oxygen atoms in total. The standard InChI is InChI=1S/C20H18ClN3OS2/c1-14-13-17(27-20-22-10-2-11-23-20)7-8-18(14)24-19(25)9-12-26-16-5-3-15(21)4-6-16/h2-8,10-11,13H,9,12H2,1H3,(H,24,25). The zero-order chi connectivity index (χ0) is 19.1. The summed E-state index contributed by atoms with van der Waals surface area (Å²) in [6.45, 7) is 1.98. The minimum Gasteiger partial charge on any atom is -0.326 e. The second-order valence-corrected chi connectivity index (χ2v) is 8.36. The molecular formula is C20H18ClN3OS2. The molecule has 0 atom stereocenters. The molecule has 0 aliphatic carbocycles. The van der Waals surface area contributed by atoms with Crippen molar-refractivity contribution in [3.05, 3.63) is 71.5 Å². The third-order valence-corrected chi connectivity index (χ3v) is 5.78. The number of halogens is 1. The predicted octanol–water partition coefficient (Wildman–Crippen LogP) is 5.71. The highest BCUT2D eigenvalue weighted by molar-refractivity contribution is 7.99. The van der Waals surface area contributed by atoms with Crippen LogP contribution >= 0.6 is 35.1 Å². The number of nitrogens with one attached hydrogen (secondary N) is 1. The lowest BCUT2D eigenvalue weighted by atomic mass is 10.2. The molecule has 0 aliphatic heterocycles. The molecule has 0 radical (unpaired) electrons. The van der Waals surface area contributed by atoms with Crippen LogP contribution in [0.3, 0.4) is 0 Å². The van der Waals surface area contributed by atoms with Crippen LogP contribution in [0.1, 0.15) is 12.0 Å². The summed E-state index contributed by atoms with van der Waals surface area (Å²) in [6.07, 6.45) is 3.89. The number of nitrogens with zero attached hydrogens (tertiary/aromatic N) is 2. The van der Waals surface area contributed by atoms with Gasteiger partial charge in [0.05, 0.1) is 0 Å². The van der Waals surface area contributed by atoms with Gasteiger partial charge in [-0.15, -0.1) is 11.8 Å². The molecule has 1 N–H and O–H groups in total. The summed E-state index contributed by atoms with van der Waals surface area (Å²) in [5, 5.41) is 4.40. The fraction of sp³-hybridized carbons (Fsp3) is 0.150. The van der Waals surface area contributed by atoms with Crippen LogP contribution in [-0.4, -0.2) is 21.6 Å². The number of hydrogen-bond acceptors (Lipinski definition) is 5. The fourth-order valence-corrected chi connectivity index (χ4v) is 4.08. The van der Waals surface area contributed by atoms with Gasteiger partial charge < -0.3 is 5.32 Å². The van der Waals surface area contributed by atoms with Crippen molar-refractivity contribution >= 4 is 46.7 Å². The molecule has 3 rings (SSSR count). The van der Waals surface area contributed by atoms with Crippen LogP contribution in [0.15, 0.2) is 75.9 Å².